The van der Waals surface area contributed by atoms with Gasteiger partial charge in [-0.05, 0) is 24.6 Å². The SMILES string of the molecule is CC(NS(=O)(=O)c1ncn(C)c1Cl)c1cccc(O)c1. The Bertz CT molecular complexity index is 727. The van der Waals surface area contributed by atoms with Crippen molar-refractivity contribution in [3.63, 3.8) is 0 Å². The zero-order valence-corrected chi connectivity index (χ0v) is 12.5. The average molecular weight is 316 g/mol. The molecule has 0 bridgehead atoms. The fourth-order valence-electron chi connectivity index (χ4n) is 1.72. The Labute approximate surface area is 122 Å². The molecule has 0 aliphatic heterocycles. The van der Waals surface area contributed by atoms with Crippen LogP contribution in [0.4, 0.5) is 0 Å². The minimum atomic E-state index is -3.83. The number of phenolic OH excluding ortho intramolecular Hbond substituents is 1. The molecule has 0 aliphatic carbocycles. The fraction of sp³-hybridized carbons (Fsp3) is 0.250. The maximum absolute atomic E-state index is 12.2. The topological polar surface area (TPSA) is 84.2 Å². The first-order valence-electron chi connectivity index (χ1n) is 5.79. The number of hydrogen-bond acceptors (Lipinski definition) is 4. The molecule has 1 heterocycles. The third-order valence-electron chi connectivity index (χ3n) is 2.79. The third kappa shape index (κ3) is 2.95. The van der Waals surface area contributed by atoms with Gasteiger partial charge in [-0.3, -0.25) is 0 Å². The van der Waals surface area contributed by atoms with Gasteiger partial charge in [0.25, 0.3) is 10.0 Å². The lowest BCUT2D eigenvalue weighted by molar-refractivity contribution is 0.473. The van der Waals surface area contributed by atoms with E-state index in [1.54, 1.807) is 26.1 Å². The van der Waals surface area contributed by atoms with Gasteiger partial charge >= 0.3 is 0 Å². The van der Waals surface area contributed by atoms with Crippen LogP contribution >= 0.6 is 11.6 Å². The first-order chi connectivity index (χ1) is 9.31. The number of halogens is 1. The Hall–Kier alpha value is -1.57. The summed E-state index contributed by atoms with van der Waals surface area (Å²) >= 11 is 5.89. The molecular weight excluding hydrogens is 302 g/mol. The molecule has 2 aromatic rings. The van der Waals surface area contributed by atoms with Crippen LogP contribution in [0.25, 0.3) is 0 Å². The van der Waals surface area contributed by atoms with Crippen LogP contribution in [0.3, 0.4) is 0 Å². The number of imidazole rings is 1. The Balaban J connectivity index is 2.27. The molecule has 0 saturated carbocycles. The number of nitrogens with zero attached hydrogens (tertiary/aromatic N) is 2. The largest absolute Gasteiger partial charge is 0.508 e. The summed E-state index contributed by atoms with van der Waals surface area (Å²) in [5.74, 6) is 0.0735. The third-order valence-corrected chi connectivity index (χ3v) is 4.82. The van der Waals surface area contributed by atoms with Crippen LogP contribution in [0, 0.1) is 0 Å². The number of aryl methyl sites for hydroxylation is 1. The lowest BCUT2D eigenvalue weighted by atomic mass is 10.1. The molecule has 0 aliphatic rings. The van der Waals surface area contributed by atoms with Gasteiger partial charge in [0.15, 0.2) is 0 Å². The lowest BCUT2D eigenvalue weighted by Crippen LogP contribution is -2.27. The van der Waals surface area contributed by atoms with Gasteiger partial charge < -0.3 is 9.67 Å². The van der Waals surface area contributed by atoms with E-state index in [-0.39, 0.29) is 15.9 Å². The predicted molar refractivity (Wildman–Crippen MR) is 75.1 cm³/mol. The van der Waals surface area contributed by atoms with Crippen molar-refractivity contribution >= 4 is 21.6 Å². The number of aromatic nitrogens is 2. The highest BCUT2D eigenvalue weighted by Gasteiger charge is 2.24. The number of phenols is 1. The van der Waals surface area contributed by atoms with Crippen LogP contribution in [-0.2, 0) is 17.1 Å². The number of rotatable bonds is 4. The second-order valence-corrected chi connectivity index (χ2v) is 6.38. The minimum Gasteiger partial charge on any atom is -0.508 e. The van der Waals surface area contributed by atoms with E-state index in [1.807, 2.05) is 0 Å². The second-order valence-electron chi connectivity index (χ2n) is 4.39. The van der Waals surface area contributed by atoms with E-state index in [1.165, 1.54) is 23.0 Å². The molecule has 1 aromatic carbocycles. The summed E-state index contributed by atoms with van der Waals surface area (Å²) in [6.07, 6.45) is 1.33. The molecule has 108 valence electrons. The summed E-state index contributed by atoms with van der Waals surface area (Å²) in [6, 6.07) is 5.84. The molecule has 0 amide bonds. The molecule has 0 saturated heterocycles. The maximum Gasteiger partial charge on any atom is 0.261 e. The normalized spacial score (nSPS) is 13.3. The molecule has 20 heavy (non-hydrogen) atoms. The second kappa shape index (κ2) is 5.43. The monoisotopic (exact) mass is 315 g/mol. The maximum atomic E-state index is 12.2. The van der Waals surface area contributed by atoms with Gasteiger partial charge in [-0.1, -0.05) is 23.7 Å². The molecule has 1 unspecified atom stereocenters. The van der Waals surface area contributed by atoms with Crippen LogP contribution in [0.2, 0.25) is 5.15 Å². The number of nitrogens with one attached hydrogen (secondary N) is 1. The van der Waals surface area contributed by atoms with Crippen molar-refractivity contribution in [2.24, 2.45) is 7.05 Å². The van der Waals surface area contributed by atoms with Crippen molar-refractivity contribution in [2.45, 2.75) is 18.0 Å². The number of hydrogen-bond donors (Lipinski definition) is 2. The molecule has 2 rings (SSSR count). The van der Waals surface area contributed by atoms with Crippen LogP contribution in [0.15, 0.2) is 35.6 Å². The molecule has 0 radical (unpaired) electrons. The van der Waals surface area contributed by atoms with Crippen molar-refractivity contribution in [2.75, 3.05) is 0 Å². The van der Waals surface area contributed by atoms with E-state index < -0.39 is 16.1 Å². The zero-order chi connectivity index (χ0) is 14.9. The molecule has 6 nitrogen and oxygen atoms in total. The highest BCUT2D eigenvalue weighted by molar-refractivity contribution is 7.89. The first kappa shape index (κ1) is 14.8. The van der Waals surface area contributed by atoms with Crippen molar-refractivity contribution in [1.82, 2.24) is 14.3 Å². The summed E-state index contributed by atoms with van der Waals surface area (Å²) in [5, 5.41) is 9.24. The molecule has 1 aromatic heterocycles. The van der Waals surface area contributed by atoms with Gasteiger partial charge in [0.05, 0.1) is 6.33 Å². The Morgan fingerprint density at radius 3 is 2.70 bits per heavy atom. The Kier molecular flexibility index (Phi) is 4.03. The summed E-state index contributed by atoms with van der Waals surface area (Å²) in [4.78, 5) is 3.78. The van der Waals surface area contributed by atoms with Crippen LogP contribution in [-0.4, -0.2) is 23.1 Å². The van der Waals surface area contributed by atoms with E-state index in [4.69, 9.17) is 11.6 Å². The predicted octanol–water partition coefficient (Wildman–Crippen LogP) is 1.82. The zero-order valence-electron chi connectivity index (χ0n) is 10.9. The number of benzene rings is 1. The Morgan fingerprint density at radius 2 is 2.15 bits per heavy atom. The number of sulfonamides is 1. The molecule has 1 atom stereocenters. The summed E-state index contributed by atoms with van der Waals surface area (Å²) in [7, 11) is -2.22. The molecule has 8 heteroatoms. The van der Waals surface area contributed by atoms with E-state index in [9.17, 15) is 13.5 Å². The van der Waals surface area contributed by atoms with Gasteiger partial charge in [0, 0.05) is 13.1 Å². The molecular formula is C12H14ClN3O3S. The average Bonchev–Trinajstić information content (AvgIpc) is 2.70. The highest BCUT2D eigenvalue weighted by Crippen LogP contribution is 2.23. The summed E-state index contributed by atoms with van der Waals surface area (Å²) in [5.41, 5.74) is 0.639. The first-order valence-corrected chi connectivity index (χ1v) is 7.65. The van der Waals surface area contributed by atoms with Crippen molar-refractivity contribution in [1.29, 1.82) is 0 Å². The molecule has 0 spiro atoms. The minimum absolute atomic E-state index is 0.0422. The standard InChI is InChI=1S/C12H14ClN3O3S/c1-8(9-4-3-5-10(17)6-9)15-20(18,19)12-11(13)16(2)7-14-12/h3-8,15,17H,1-2H3. The molecule has 0 fully saturated rings. The summed E-state index contributed by atoms with van der Waals surface area (Å²) in [6.45, 7) is 1.67. The Morgan fingerprint density at radius 1 is 1.45 bits per heavy atom. The summed E-state index contributed by atoms with van der Waals surface area (Å²) < 4.78 is 28.3. The van der Waals surface area contributed by atoms with E-state index in [0.717, 1.165) is 0 Å². The van der Waals surface area contributed by atoms with Gasteiger partial charge in [0.1, 0.15) is 10.9 Å². The van der Waals surface area contributed by atoms with E-state index >= 15 is 0 Å². The van der Waals surface area contributed by atoms with Gasteiger partial charge in [-0.15, -0.1) is 0 Å². The quantitative estimate of drug-likeness (QED) is 0.901. The van der Waals surface area contributed by atoms with Crippen LogP contribution in [0.1, 0.15) is 18.5 Å². The van der Waals surface area contributed by atoms with Crippen molar-refractivity contribution < 1.29 is 13.5 Å². The smallest absolute Gasteiger partial charge is 0.261 e. The van der Waals surface area contributed by atoms with Crippen molar-refractivity contribution in [3.8, 4) is 5.75 Å². The molecule has 2 N–H and O–H groups in total. The van der Waals surface area contributed by atoms with Crippen LogP contribution < -0.4 is 4.72 Å². The van der Waals surface area contributed by atoms with Crippen LogP contribution in [0.5, 0.6) is 5.75 Å². The fourth-order valence-corrected chi connectivity index (χ4v) is 3.39. The van der Waals surface area contributed by atoms with E-state index in [2.05, 4.69) is 9.71 Å². The highest BCUT2D eigenvalue weighted by atomic mass is 35.5. The van der Waals surface area contributed by atoms with Gasteiger partial charge in [-0.2, -0.15) is 0 Å². The van der Waals surface area contributed by atoms with Gasteiger partial charge in [0.2, 0.25) is 5.03 Å². The van der Waals surface area contributed by atoms with Gasteiger partial charge in [-0.25, -0.2) is 18.1 Å². The number of aromatic hydroxyl groups is 1. The van der Waals surface area contributed by atoms with Crippen molar-refractivity contribution in [3.05, 3.63) is 41.3 Å². The van der Waals surface area contributed by atoms with E-state index in [0.29, 0.717) is 5.56 Å². The lowest BCUT2D eigenvalue weighted by Gasteiger charge is -2.14.